The van der Waals surface area contributed by atoms with Crippen LogP contribution in [0.25, 0.3) is 16.5 Å². The number of nitrogens with zero attached hydrogens (tertiary/aromatic N) is 2. The second-order valence-corrected chi connectivity index (χ2v) is 8.10. The molecule has 1 aromatic heterocycles. The van der Waals surface area contributed by atoms with E-state index in [0.29, 0.717) is 24.5 Å². The standard InChI is InChI=1S/C15H18ClN3O2S/c1-18(2)22(20,21)19-7-5-11(6-8-19)14-10-17-15-9-12(16)3-4-13(14)15/h3-5,9-10,17H,6-8H2,1-2H3. The summed E-state index contributed by atoms with van der Waals surface area (Å²) in [6.45, 7) is 0.892. The van der Waals surface area contributed by atoms with Crippen molar-refractivity contribution in [2.24, 2.45) is 0 Å². The minimum Gasteiger partial charge on any atom is -0.361 e. The van der Waals surface area contributed by atoms with E-state index in [1.165, 1.54) is 14.2 Å². The van der Waals surface area contributed by atoms with Gasteiger partial charge in [-0.3, -0.25) is 0 Å². The van der Waals surface area contributed by atoms with E-state index in [4.69, 9.17) is 11.6 Å². The third-order valence-corrected chi connectivity index (χ3v) is 6.09. The van der Waals surface area contributed by atoms with Crippen LogP contribution in [0, 0.1) is 0 Å². The number of fused-ring (bicyclic) bond motifs is 1. The molecule has 0 fully saturated rings. The Hall–Kier alpha value is -1.34. The summed E-state index contributed by atoms with van der Waals surface area (Å²) in [7, 11) is -0.236. The van der Waals surface area contributed by atoms with Crippen molar-refractivity contribution < 1.29 is 8.42 Å². The highest BCUT2D eigenvalue weighted by atomic mass is 35.5. The second-order valence-electron chi connectivity index (χ2n) is 5.52. The Morgan fingerprint density at radius 3 is 2.73 bits per heavy atom. The average molecular weight is 340 g/mol. The normalized spacial score (nSPS) is 17.2. The van der Waals surface area contributed by atoms with Crippen molar-refractivity contribution in [1.82, 2.24) is 13.6 Å². The van der Waals surface area contributed by atoms with Gasteiger partial charge in [0.05, 0.1) is 0 Å². The molecule has 22 heavy (non-hydrogen) atoms. The maximum Gasteiger partial charge on any atom is 0.281 e. The maximum atomic E-state index is 12.1. The monoisotopic (exact) mass is 339 g/mol. The van der Waals surface area contributed by atoms with Gasteiger partial charge in [-0.2, -0.15) is 17.0 Å². The molecule has 7 heteroatoms. The lowest BCUT2D eigenvalue weighted by Crippen LogP contribution is -2.42. The summed E-state index contributed by atoms with van der Waals surface area (Å²) >= 11 is 6.00. The number of aromatic nitrogens is 1. The van der Waals surface area contributed by atoms with Crippen LogP contribution in [0.15, 0.2) is 30.5 Å². The first-order chi connectivity index (χ1) is 10.4. The van der Waals surface area contributed by atoms with Crippen molar-refractivity contribution >= 4 is 38.3 Å². The van der Waals surface area contributed by atoms with Gasteiger partial charge in [-0.1, -0.05) is 23.7 Å². The SMILES string of the molecule is CN(C)S(=O)(=O)N1CC=C(c2c[nH]c3cc(Cl)ccc23)CC1. The molecule has 0 amide bonds. The van der Waals surface area contributed by atoms with Gasteiger partial charge in [0, 0.05) is 54.9 Å². The number of aromatic amines is 1. The number of halogens is 1. The number of benzene rings is 1. The van der Waals surface area contributed by atoms with E-state index in [1.54, 1.807) is 14.1 Å². The lowest BCUT2D eigenvalue weighted by Gasteiger charge is -2.28. The number of hydrogen-bond acceptors (Lipinski definition) is 2. The third kappa shape index (κ3) is 2.67. The van der Waals surface area contributed by atoms with E-state index >= 15 is 0 Å². The Balaban J connectivity index is 1.90. The molecule has 2 aromatic rings. The fourth-order valence-electron chi connectivity index (χ4n) is 2.70. The molecule has 1 aliphatic heterocycles. The summed E-state index contributed by atoms with van der Waals surface area (Å²) < 4.78 is 27.0. The van der Waals surface area contributed by atoms with Crippen LogP contribution in [-0.2, 0) is 10.2 Å². The van der Waals surface area contributed by atoms with Crippen LogP contribution >= 0.6 is 11.6 Å². The number of nitrogens with one attached hydrogen (secondary N) is 1. The zero-order valence-electron chi connectivity index (χ0n) is 12.5. The predicted molar refractivity (Wildman–Crippen MR) is 90.1 cm³/mol. The lowest BCUT2D eigenvalue weighted by atomic mass is 10.00. The van der Waals surface area contributed by atoms with Crippen LogP contribution < -0.4 is 0 Å². The molecule has 2 heterocycles. The van der Waals surface area contributed by atoms with Gasteiger partial charge in [0.25, 0.3) is 10.2 Å². The van der Waals surface area contributed by atoms with Crippen LogP contribution in [0.2, 0.25) is 5.02 Å². The molecule has 3 rings (SSSR count). The number of rotatable bonds is 3. The van der Waals surface area contributed by atoms with E-state index in [1.807, 2.05) is 30.5 Å². The summed E-state index contributed by atoms with van der Waals surface area (Å²) in [5.41, 5.74) is 3.28. The zero-order chi connectivity index (χ0) is 15.9. The topological polar surface area (TPSA) is 56.4 Å². The molecular weight excluding hydrogens is 322 g/mol. The Morgan fingerprint density at radius 1 is 1.32 bits per heavy atom. The van der Waals surface area contributed by atoms with Gasteiger partial charge in [-0.05, 0) is 24.1 Å². The molecule has 1 aromatic carbocycles. The highest BCUT2D eigenvalue weighted by Crippen LogP contribution is 2.31. The quantitative estimate of drug-likeness (QED) is 0.934. The Morgan fingerprint density at radius 2 is 2.09 bits per heavy atom. The largest absolute Gasteiger partial charge is 0.361 e. The Labute approximate surface area is 135 Å². The summed E-state index contributed by atoms with van der Waals surface area (Å²) in [6, 6.07) is 5.76. The van der Waals surface area contributed by atoms with Gasteiger partial charge < -0.3 is 4.98 Å². The van der Waals surface area contributed by atoms with Crippen LogP contribution in [0.5, 0.6) is 0 Å². The first kappa shape index (κ1) is 15.6. The van der Waals surface area contributed by atoms with E-state index < -0.39 is 10.2 Å². The van der Waals surface area contributed by atoms with Gasteiger partial charge in [0.2, 0.25) is 0 Å². The van der Waals surface area contributed by atoms with Crippen molar-refractivity contribution in [3.8, 4) is 0 Å². The highest BCUT2D eigenvalue weighted by molar-refractivity contribution is 7.86. The van der Waals surface area contributed by atoms with E-state index in [9.17, 15) is 8.42 Å². The highest BCUT2D eigenvalue weighted by Gasteiger charge is 2.26. The van der Waals surface area contributed by atoms with Gasteiger partial charge in [0.1, 0.15) is 0 Å². The summed E-state index contributed by atoms with van der Waals surface area (Å²) in [6.07, 6.45) is 4.65. The van der Waals surface area contributed by atoms with Gasteiger partial charge in [-0.15, -0.1) is 0 Å². The van der Waals surface area contributed by atoms with Crippen LogP contribution in [0.3, 0.4) is 0 Å². The molecule has 0 saturated heterocycles. The van der Waals surface area contributed by atoms with E-state index in [-0.39, 0.29) is 0 Å². The minimum atomic E-state index is -3.34. The van der Waals surface area contributed by atoms with E-state index in [0.717, 1.165) is 16.5 Å². The van der Waals surface area contributed by atoms with Crippen molar-refractivity contribution in [3.05, 3.63) is 41.1 Å². The van der Waals surface area contributed by atoms with Gasteiger partial charge in [-0.25, -0.2) is 0 Å². The third-order valence-electron chi connectivity index (χ3n) is 3.95. The molecule has 0 radical (unpaired) electrons. The lowest BCUT2D eigenvalue weighted by molar-refractivity contribution is 0.397. The Bertz CT molecular complexity index is 840. The van der Waals surface area contributed by atoms with Crippen molar-refractivity contribution in [1.29, 1.82) is 0 Å². The fraction of sp³-hybridized carbons (Fsp3) is 0.333. The van der Waals surface area contributed by atoms with Crippen LogP contribution in [-0.4, -0.2) is 49.2 Å². The molecule has 0 saturated carbocycles. The smallest absolute Gasteiger partial charge is 0.281 e. The molecule has 0 atom stereocenters. The average Bonchev–Trinajstić information content (AvgIpc) is 2.90. The molecule has 0 bridgehead atoms. The van der Waals surface area contributed by atoms with Crippen molar-refractivity contribution in [3.63, 3.8) is 0 Å². The van der Waals surface area contributed by atoms with Gasteiger partial charge in [0.15, 0.2) is 0 Å². The summed E-state index contributed by atoms with van der Waals surface area (Å²) in [4.78, 5) is 3.22. The fourth-order valence-corrected chi connectivity index (χ4v) is 3.92. The molecule has 118 valence electrons. The van der Waals surface area contributed by atoms with Crippen LogP contribution in [0.4, 0.5) is 0 Å². The minimum absolute atomic E-state index is 0.399. The van der Waals surface area contributed by atoms with Crippen molar-refractivity contribution in [2.45, 2.75) is 6.42 Å². The summed E-state index contributed by atoms with van der Waals surface area (Å²) in [5, 5.41) is 1.81. The Kier molecular flexibility index (Phi) is 4.03. The van der Waals surface area contributed by atoms with Crippen LogP contribution in [0.1, 0.15) is 12.0 Å². The molecule has 0 spiro atoms. The molecule has 1 N–H and O–H groups in total. The maximum absolute atomic E-state index is 12.1. The molecule has 5 nitrogen and oxygen atoms in total. The van der Waals surface area contributed by atoms with Gasteiger partial charge >= 0.3 is 0 Å². The second kappa shape index (κ2) is 5.70. The number of hydrogen-bond donors (Lipinski definition) is 1. The van der Waals surface area contributed by atoms with Crippen molar-refractivity contribution in [2.75, 3.05) is 27.2 Å². The molecule has 0 aliphatic carbocycles. The first-order valence-electron chi connectivity index (χ1n) is 7.03. The summed E-state index contributed by atoms with van der Waals surface area (Å²) in [5.74, 6) is 0. The zero-order valence-corrected chi connectivity index (χ0v) is 14.1. The molecular formula is C15H18ClN3O2S. The molecule has 1 aliphatic rings. The number of H-pyrrole nitrogens is 1. The van der Waals surface area contributed by atoms with E-state index in [2.05, 4.69) is 4.98 Å². The first-order valence-corrected chi connectivity index (χ1v) is 8.81. The molecule has 0 unspecified atom stereocenters. The predicted octanol–water partition coefficient (Wildman–Crippen LogP) is 2.72.